The summed E-state index contributed by atoms with van der Waals surface area (Å²) in [5.41, 5.74) is -5.64. The molecule has 0 atom stereocenters. The van der Waals surface area contributed by atoms with Gasteiger partial charge in [-0.3, -0.25) is 4.10 Å². The first-order chi connectivity index (χ1) is 4.67. The van der Waals surface area contributed by atoms with Gasteiger partial charge in [0.2, 0.25) is 0 Å². The number of hydrogen-bond donors (Lipinski definition) is 2. The fourth-order valence-electron chi connectivity index (χ4n) is 0.168. The Labute approximate surface area is 79.5 Å². The topological polar surface area (TPSA) is 83.8 Å². The van der Waals surface area contributed by atoms with Gasteiger partial charge in [-0.1, -0.05) is 0 Å². The molecule has 0 unspecified atom stereocenters. The average molecular weight is 202 g/mol. The Hall–Kier alpha value is 0.282. The van der Waals surface area contributed by atoms with E-state index >= 15 is 0 Å². The second-order valence-corrected chi connectivity index (χ2v) is 2.89. The summed E-state index contributed by atoms with van der Waals surface area (Å²) < 4.78 is 56.1. The van der Waals surface area contributed by atoms with Gasteiger partial charge in [0.25, 0.3) is 0 Å². The van der Waals surface area contributed by atoms with E-state index in [2.05, 4.69) is 4.10 Å². The molecule has 0 fully saturated rings. The fraction of sp³-hybridized carbons (Fsp3) is 1.00. The molecule has 0 aromatic rings. The molecule has 5 nitrogen and oxygen atoms in total. The van der Waals surface area contributed by atoms with Crippen LogP contribution in [-0.4, -0.2) is 31.3 Å². The Morgan fingerprint density at radius 2 is 1.67 bits per heavy atom. The molecule has 0 rings (SSSR count). The SMILES string of the molecule is O=S(=O)(OB(O)O)C(F)(F)F.[H-].[Li+]. The van der Waals surface area contributed by atoms with Gasteiger partial charge in [-0.2, -0.15) is 21.6 Å². The van der Waals surface area contributed by atoms with Gasteiger partial charge in [0.05, 0.1) is 0 Å². The molecule has 0 spiro atoms. The molecule has 0 saturated carbocycles. The minimum absolute atomic E-state index is 0. The van der Waals surface area contributed by atoms with Crippen LogP contribution in [0.3, 0.4) is 0 Å². The van der Waals surface area contributed by atoms with Crippen molar-refractivity contribution in [3.63, 3.8) is 0 Å². The van der Waals surface area contributed by atoms with Crippen molar-refractivity contribution in [3.05, 3.63) is 0 Å². The third-order valence-corrected chi connectivity index (χ3v) is 1.49. The van der Waals surface area contributed by atoms with Gasteiger partial charge in [0, 0.05) is 0 Å². The van der Waals surface area contributed by atoms with Crippen molar-refractivity contribution in [2.45, 2.75) is 5.51 Å². The van der Waals surface area contributed by atoms with E-state index in [1.54, 1.807) is 0 Å². The molecule has 0 radical (unpaired) electrons. The minimum atomic E-state index is -5.90. The molecule has 11 heteroatoms. The number of rotatable bonds is 2. The molecule has 0 bridgehead atoms. The van der Waals surface area contributed by atoms with Gasteiger partial charge in [0.1, 0.15) is 0 Å². The van der Waals surface area contributed by atoms with Crippen LogP contribution < -0.4 is 18.9 Å². The molecule has 0 amide bonds. The summed E-state index contributed by atoms with van der Waals surface area (Å²) in [5.74, 6) is 0. The van der Waals surface area contributed by atoms with Crippen molar-refractivity contribution in [1.29, 1.82) is 0 Å². The predicted molar refractivity (Wildman–Crippen MR) is 27.4 cm³/mol. The molecular formula is CH3BF3LiO5S. The number of hydrogen-bond acceptors (Lipinski definition) is 5. The Balaban J connectivity index is -0.000000500. The molecule has 12 heavy (non-hydrogen) atoms. The molecular weight excluding hydrogens is 199 g/mol. The van der Waals surface area contributed by atoms with Crippen LogP contribution in [0.4, 0.5) is 13.2 Å². The zero-order valence-electron chi connectivity index (χ0n) is 6.74. The smallest absolute Gasteiger partial charge is 1.00 e. The van der Waals surface area contributed by atoms with Gasteiger partial charge in [-0.25, -0.2) is 0 Å². The Morgan fingerprint density at radius 3 is 1.75 bits per heavy atom. The molecule has 0 aliphatic heterocycles. The molecule has 0 aliphatic rings. The van der Waals surface area contributed by atoms with E-state index in [0.29, 0.717) is 0 Å². The van der Waals surface area contributed by atoms with Gasteiger partial charge in [-0.15, -0.1) is 0 Å². The Kier molecular flexibility index (Phi) is 5.54. The van der Waals surface area contributed by atoms with Gasteiger partial charge < -0.3 is 11.5 Å². The third-order valence-electron chi connectivity index (χ3n) is 0.496. The van der Waals surface area contributed by atoms with Crippen LogP contribution in [0.5, 0.6) is 0 Å². The summed E-state index contributed by atoms with van der Waals surface area (Å²) in [7, 11) is -8.90. The summed E-state index contributed by atoms with van der Waals surface area (Å²) in [6.07, 6.45) is 0. The summed E-state index contributed by atoms with van der Waals surface area (Å²) in [4.78, 5) is 0. The molecule has 0 aromatic carbocycles. The third kappa shape index (κ3) is 4.34. The zero-order chi connectivity index (χ0) is 9.28. The summed E-state index contributed by atoms with van der Waals surface area (Å²) in [6, 6.07) is 0. The standard InChI is InChI=1S/CH2BF3O5S.Li.H/c3-1(4,5)11(8,9)10-2(6)7;;/h6-7H;;/q;+1;-1. The van der Waals surface area contributed by atoms with Crippen molar-refractivity contribution in [1.82, 2.24) is 0 Å². The first-order valence-electron chi connectivity index (χ1n) is 2.02. The van der Waals surface area contributed by atoms with E-state index in [0.717, 1.165) is 0 Å². The van der Waals surface area contributed by atoms with Crippen LogP contribution in [0.15, 0.2) is 0 Å². The van der Waals surface area contributed by atoms with Crippen molar-refractivity contribution in [2.24, 2.45) is 0 Å². The molecule has 2 N–H and O–H groups in total. The molecule has 0 aliphatic carbocycles. The van der Waals surface area contributed by atoms with E-state index in [-0.39, 0.29) is 20.3 Å². The predicted octanol–water partition coefficient (Wildman–Crippen LogP) is -4.06. The van der Waals surface area contributed by atoms with Crippen molar-refractivity contribution >= 4 is 17.4 Å². The quantitative estimate of drug-likeness (QED) is 0.351. The second-order valence-electron chi connectivity index (χ2n) is 1.32. The van der Waals surface area contributed by atoms with Crippen molar-refractivity contribution in [3.8, 4) is 0 Å². The monoisotopic (exact) mass is 202 g/mol. The molecule has 68 valence electrons. The van der Waals surface area contributed by atoms with Crippen LogP contribution in [0.1, 0.15) is 1.43 Å². The van der Waals surface area contributed by atoms with E-state index < -0.39 is 22.9 Å². The molecule has 0 heterocycles. The van der Waals surface area contributed by atoms with Crippen molar-refractivity contribution < 1.29 is 56.0 Å². The van der Waals surface area contributed by atoms with Crippen LogP contribution >= 0.6 is 0 Å². The fourth-order valence-corrected chi connectivity index (χ4v) is 0.504. The van der Waals surface area contributed by atoms with Gasteiger partial charge in [0.15, 0.2) is 0 Å². The van der Waals surface area contributed by atoms with Crippen LogP contribution in [0.25, 0.3) is 0 Å². The van der Waals surface area contributed by atoms with E-state index in [4.69, 9.17) is 10.0 Å². The summed E-state index contributed by atoms with van der Waals surface area (Å²) >= 11 is 0. The molecule has 0 aromatic heterocycles. The zero-order valence-corrected chi connectivity index (χ0v) is 6.56. The van der Waals surface area contributed by atoms with Crippen molar-refractivity contribution in [2.75, 3.05) is 0 Å². The average Bonchev–Trinajstić information content (AvgIpc) is 1.56. The summed E-state index contributed by atoms with van der Waals surface area (Å²) in [5, 5.41) is 15.4. The first-order valence-corrected chi connectivity index (χ1v) is 3.43. The maximum Gasteiger partial charge on any atom is 1.00 e. The maximum absolute atomic E-state index is 11.3. The number of alkyl halides is 3. The normalized spacial score (nSPS) is 12.1. The van der Waals surface area contributed by atoms with Gasteiger partial charge >= 0.3 is 41.8 Å². The Bertz CT molecular complexity index is 226. The Morgan fingerprint density at radius 1 is 1.33 bits per heavy atom. The van der Waals surface area contributed by atoms with Crippen LogP contribution in [0.2, 0.25) is 0 Å². The van der Waals surface area contributed by atoms with E-state index in [1.807, 2.05) is 0 Å². The minimum Gasteiger partial charge on any atom is -1.00 e. The maximum atomic E-state index is 11.3. The molecule has 0 saturated heterocycles. The van der Waals surface area contributed by atoms with E-state index in [1.165, 1.54) is 0 Å². The largest absolute Gasteiger partial charge is 1.00 e. The van der Waals surface area contributed by atoms with E-state index in [9.17, 15) is 21.6 Å². The first kappa shape index (κ1) is 14.8. The summed E-state index contributed by atoms with van der Waals surface area (Å²) in [6.45, 7) is 0. The van der Waals surface area contributed by atoms with Gasteiger partial charge in [-0.05, 0) is 0 Å². The number of halogens is 3. The van der Waals surface area contributed by atoms with Crippen LogP contribution in [-0.2, 0) is 14.2 Å². The van der Waals surface area contributed by atoms with Crippen LogP contribution in [0, 0.1) is 0 Å². The second kappa shape index (κ2) is 4.50.